The van der Waals surface area contributed by atoms with Crippen LogP contribution in [0.15, 0.2) is 0 Å². The van der Waals surface area contributed by atoms with Gasteiger partial charge in [-0.05, 0) is 12.8 Å². The van der Waals surface area contributed by atoms with Crippen molar-refractivity contribution in [3.05, 3.63) is 0 Å². The molecule has 38 heavy (non-hydrogen) atoms. The van der Waals surface area contributed by atoms with Crippen molar-refractivity contribution in [1.29, 1.82) is 0 Å². The number of hydrogen-bond donors (Lipinski definition) is 4. The van der Waals surface area contributed by atoms with Gasteiger partial charge in [-0.2, -0.15) is 0 Å². The van der Waals surface area contributed by atoms with E-state index in [1.165, 1.54) is 116 Å². The van der Waals surface area contributed by atoms with Crippen LogP contribution in [0.3, 0.4) is 0 Å². The lowest BCUT2D eigenvalue weighted by Crippen LogP contribution is -2.50. The Labute approximate surface area is 237 Å². The zero-order valence-electron chi connectivity index (χ0n) is 25.6. The summed E-state index contributed by atoms with van der Waals surface area (Å²) in [7, 11) is 0. The molecule has 0 aromatic heterocycles. The van der Waals surface area contributed by atoms with Gasteiger partial charge < -0.3 is 20.6 Å². The molecule has 0 heterocycles. The molecule has 228 valence electrons. The first-order valence-electron chi connectivity index (χ1n) is 16.8. The third-order valence-electron chi connectivity index (χ3n) is 7.96. The van der Waals surface area contributed by atoms with Crippen LogP contribution in [0, 0.1) is 0 Å². The van der Waals surface area contributed by atoms with Crippen LogP contribution in [0.5, 0.6) is 0 Å². The van der Waals surface area contributed by atoms with Crippen molar-refractivity contribution in [2.45, 2.75) is 199 Å². The van der Waals surface area contributed by atoms with Gasteiger partial charge in [0.05, 0.1) is 18.8 Å². The van der Waals surface area contributed by atoms with Crippen molar-refractivity contribution in [2.24, 2.45) is 0 Å². The molecule has 0 fully saturated rings. The number of carbonyl (C=O) groups is 1. The molecule has 3 atom stereocenters. The summed E-state index contributed by atoms with van der Waals surface area (Å²) >= 11 is 0. The minimum atomic E-state index is -1.13. The quantitative estimate of drug-likeness (QED) is 0.0688. The summed E-state index contributed by atoms with van der Waals surface area (Å²) in [5.41, 5.74) is 0. The van der Waals surface area contributed by atoms with Gasteiger partial charge in [0.2, 0.25) is 5.91 Å². The third-order valence-corrected chi connectivity index (χ3v) is 7.96. The lowest BCUT2D eigenvalue weighted by atomic mass is 9.99. The van der Waals surface area contributed by atoms with Gasteiger partial charge in [-0.1, -0.05) is 162 Å². The number of amides is 1. The van der Waals surface area contributed by atoms with E-state index >= 15 is 0 Å². The minimum Gasteiger partial charge on any atom is -0.394 e. The molecular formula is C33H67NO4. The summed E-state index contributed by atoms with van der Waals surface area (Å²) in [6.07, 6.45) is 29.0. The van der Waals surface area contributed by atoms with Crippen molar-refractivity contribution < 1.29 is 20.1 Å². The summed E-state index contributed by atoms with van der Waals surface area (Å²) in [6, 6.07) is -0.799. The fourth-order valence-corrected chi connectivity index (χ4v) is 5.28. The lowest BCUT2D eigenvalue weighted by molar-refractivity contribution is -0.124. The Morgan fingerprint density at radius 2 is 0.895 bits per heavy atom. The SMILES string of the molecule is CCCCCCCCCCCCCCC(=O)NC(CO)C(O)C(O)CCCCCCCCCCCCCC. The summed E-state index contributed by atoms with van der Waals surface area (Å²) in [5, 5.41) is 33.2. The highest BCUT2D eigenvalue weighted by Gasteiger charge is 2.26. The molecule has 5 nitrogen and oxygen atoms in total. The maximum atomic E-state index is 12.3. The van der Waals surface area contributed by atoms with Crippen LogP contribution in [-0.4, -0.2) is 46.1 Å². The summed E-state index contributed by atoms with van der Waals surface area (Å²) in [5.74, 6) is -0.146. The highest BCUT2D eigenvalue weighted by atomic mass is 16.3. The van der Waals surface area contributed by atoms with Crippen LogP contribution in [0.2, 0.25) is 0 Å². The standard InChI is InChI=1S/C33H67NO4/c1-3-5-7-9-11-13-15-17-19-21-23-25-27-31(36)33(38)30(29-35)34-32(37)28-26-24-22-20-18-16-14-12-10-8-6-4-2/h30-31,33,35-36,38H,3-29H2,1-2H3,(H,34,37). The second-order valence-electron chi connectivity index (χ2n) is 11.7. The fraction of sp³-hybridized carbons (Fsp3) is 0.970. The van der Waals surface area contributed by atoms with Crippen molar-refractivity contribution in [2.75, 3.05) is 6.61 Å². The molecule has 0 spiro atoms. The molecule has 4 N–H and O–H groups in total. The van der Waals surface area contributed by atoms with E-state index in [9.17, 15) is 20.1 Å². The molecule has 0 saturated carbocycles. The maximum Gasteiger partial charge on any atom is 0.220 e. The molecule has 5 heteroatoms. The van der Waals surface area contributed by atoms with E-state index in [0.29, 0.717) is 12.8 Å². The monoisotopic (exact) mass is 542 g/mol. The number of aliphatic hydroxyl groups excluding tert-OH is 3. The summed E-state index contributed by atoms with van der Waals surface area (Å²) in [6.45, 7) is 4.15. The number of nitrogens with one attached hydrogen (secondary N) is 1. The Morgan fingerprint density at radius 1 is 0.553 bits per heavy atom. The molecule has 3 unspecified atom stereocenters. The molecule has 0 rings (SSSR count). The normalized spacial score (nSPS) is 13.9. The van der Waals surface area contributed by atoms with E-state index in [4.69, 9.17) is 0 Å². The molecule has 0 aliphatic carbocycles. The Hall–Kier alpha value is -0.650. The third kappa shape index (κ3) is 24.4. The molecule has 0 aromatic carbocycles. The Bertz CT molecular complexity index is 488. The van der Waals surface area contributed by atoms with Gasteiger partial charge in [0.15, 0.2) is 0 Å². The van der Waals surface area contributed by atoms with E-state index < -0.39 is 18.2 Å². The smallest absolute Gasteiger partial charge is 0.220 e. The van der Waals surface area contributed by atoms with Gasteiger partial charge in [0.1, 0.15) is 6.10 Å². The molecule has 0 aliphatic heterocycles. The molecular weight excluding hydrogens is 474 g/mol. The van der Waals surface area contributed by atoms with E-state index in [2.05, 4.69) is 19.2 Å². The van der Waals surface area contributed by atoms with Crippen LogP contribution < -0.4 is 5.32 Å². The van der Waals surface area contributed by atoms with Crippen LogP contribution in [0.25, 0.3) is 0 Å². The van der Waals surface area contributed by atoms with E-state index in [0.717, 1.165) is 38.5 Å². The molecule has 0 radical (unpaired) electrons. The number of hydrogen-bond acceptors (Lipinski definition) is 4. The Kier molecular flexibility index (Phi) is 28.8. The second-order valence-corrected chi connectivity index (χ2v) is 11.7. The van der Waals surface area contributed by atoms with Crippen molar-refractivity contribution in [3.63, 3.8) is 0 Å². The lowest BCUT2D eigenvalue weighted by Gasteiger charge is -2.26. The van der Waals surface area contributed by atoms with Gasteiger partial charge >= 0.3 is 0 Å². The van der Waals surface area contributed by atoms with E-state index in [1.54, 1.807) is 0 Å². The van der Waals surface area contributed by atoms with Gasteiger partial charge in [-0.3, -0.25) is 4.79 Å². The number of aliphatic hydroxyl groups is 3. The first kappa shape index (κ1) is 37.4. The van der Waals surface area contributed by atoms with Gasteiger partial charge in [0, 0.05) is 6.42 Å². The summed E-state index contributed by atoms with van der Waals surface area (Å²) < 4.78 is 0. The molecule has 1 amide bonds. The Morgan fingerprint density at radius 3 is 1.26 bits per heavy atom. The van der Waals surface area contributed by atoms with Crippen molar-refractivity contribution >= 4 is 5.91 Å². The van der Waals surface area contributed by atoms with E-state index in [1.807, 2.05) is 0 Å². The van der Waals surface area contributed by atoms with Crippen LogP contribution >= 0.6 is 0 Å². The molecule has 0 saturated heterocycles. The van der Waals surface area contributed by atoms with Gasteiger partial charge in [-0.25, -0.2) is 0 Å². The number of unbranched alkanes of at least 4 members (excludes halogenated alkanes) is 22. The Balaban J connectivity index is 3.71. The predicted molar refractivity (Wildman–Crippen MR) is 162 cm³/mol. The average molecular weight is 542 g/mol. The first-order chi connectivity index (χ1) is 18.6. The number of rotatable bonds is 30. The number of carbonyl (C=O) groups excluding carboxylic acids is 1. The average Bonchev–Trinajstić information content (AvgIpc) is 2.92. The summed E-state index contributed by atoms with van der Waals surface area (Å²) in [4.78, 5) is 12.3. The van der Waals surface area contributed by atoms with E-state index in [-0.39, 0.29) is 12.5 Å². The van der Waals surface area contributed by atoms with Crippen LogP contribution in [-0.2, 0) is 4.79 Å². The van der Waals surface area contributed by atoms with Gasteiger partial charge in [0.25, 0.3) is 0 Å². The zero-order chi connectivity index (χ0) is 28.1. The largest absolute Gasteiger partial charge is 0.394 e. The molecule has 0 aliphatic rings. The van der Waals surface area contributed by atoms with Crippen LogP contribution in [0.1, 0.15) is 181 Å². The van der Waals surface area contributed by atoms with Gasteiger partial charge in [-0.15, -0.1) is 0 Å². The highest BCUT2D eigenvalue weighted by Crippen LogP contribution is 2.15. The molecule has 0 aromatic rings. The van der Waals surface area contributed by atoms with Crippen LogP contribution in [0.4, 0.5) is 0 Å². The highest BCUT2D eigenvalue weighted by molar-refractivity contribution is 5.76. The molecule has 0 bridgehead atoms. The predicted octanol–water partition coefficient (Wildman–Crippen LogP) is 8.37. The fourth-order valence-electron chi connectivity index (χ4n) is 5.28. The van der Waals surface area contributed by atoms with Crippen molar-refractivity contribution in [1.82, 2.24) is 5.32 Å². The minimum absolute atomic E-state index is 0.146. The van der Waals surface area contributed by atoms with Crippen molar-refractivity contribution in [3.8, 4) is 0 Å². The first-order valence-corrected chi connectivity index (χ1v) is 16.8. The second kappa shape index (κ2) is 29.3. The zero-order valence-corrected chi connectivity index (χ0v) is 25.6. The topological polar surface area (TPSA) is 89.8 Å². The maximum absolute atomic E-state index is 12.3.